The summed E-state index contributed by atoms with van der Waals surface area (Å²) in [6.07, 6.45) is 4.36. The molecule has 0 aliphatic heterocycles. The highest BCUT2D eigenvalue weighted by Crippen LogP contribution is 2.17. The average molecular weight is 215 g/mol. The van der Waals surface area contributed by atoms with Gasteiger partial charge >= 0.3 is 0 Å². The topological polar surface area (TPSA) is 30.0 Å². The monoisotopic (exact) mass is 215 g/mol. The van der Waals surface area contributed by atoms with Gasteiger partial charge in [-0.15, -0.1) is 11.3 Å². The normalized spacial score (nSPS) is 11.3. The number of thiophene rings is 1. The molecule has 0 saturated heterocycles. The Bertz CT molecular complexity index is 460. The maximum atomic E-state index is 10.9. The van der Waals surface area contributed by atoms with Crippen LogP contribution in [0.5, 0.6) is 0 Å². The number of nitrogens with zero attached hydrogens (tertiary/aromatic N) is 1. The summed E-state index contributed by atoms with van der Waals surface area (Å²) in [5, 5.41) is 1.98. The molecule has 0 fully saturated rings. The molecule has 15 heavy (non-hydrogen) atoms. The summed E-state index contributed by atoms with van der Waals surface area (Å²) in [6.45, 7) is 0. The maximum absolute atomic E-state index is 10.9. The van der Waals surface area contributed by atoms with Crippen LogP contribution in [0.2, 0.25) is 0 Å². The van der Waals surface area contributed by atoms with E-state index in [-0.39, 0.29) is 0 Å². The summed E-state index contributed by atoms with van der Waals surface area (Å²) in [7, 11) is 0. The van der Waals surface area contributed by atoms with Crippen LogP contribution in [0, 0.1) is 0 Å². The molecule has 0 saturated carbocycles. The van der Waals surface area contributed by atoms with Crippen molar-refractivity contribution < 1.29 is 4.79 Å². The molecule has 2 rings (SSSR count). The molecule has 2 heterocycles. The molecule has 74 valence electrons. The van der Waals surface area contributed by atoms with E-state index in [0.717, 1.165) is 11.2 Å². The zero-order valence-corrected chi connectivity index (χ0v) is 8.78. The minimum Gasteiger partial charge on any atom is -0.298 e. The first kappa shape index (κ1) is 9.80. The Labute approximate surface area is 91.9 Å². The first-order valence-electron chi connectivity index (χ1n) is 4.52. The van der Waals surface area contributed by atoms with E-state index in [1.807, 2.05) is 41.8 Å². The van der Waals surface area contributed by atoms with Gasteiger partial charge in [-0.3, -0.25) is 9.78 Å². The smallest absolute Gasteiger partial charge is 0.152 e. The second-order valence-corrected chi connectivity index (χ2v) is 3.93. The van der Waals surface area contributed by atoms with Crippen LogP contribution in [0.4, 0.5) is 0 Å². The first-order valence-corrected chi connectivity index (χ1v) is 5.40. The molecular weight excluding hydrogens is 206 g/mol. The van der Waals surface area contributed by atoms with E-state index >= 15 is 0 Å². The molecule has 0 N–H and O–H groups in total. The van der Waals surface area contributed by atoms with E-state index in [1.165, 1.54) is 0 Å². The third-order valence-corrected chi connectivity index (χ3v) is 2.75. The van der Waals surface area contributed by atoms with Crippen molar-refractivity contribution in [3.63, 3.8) is 0 Å². The Balaban J connectivity index is 2.37. The lowest BCUT2D eigenvalue weighted by atomic mass is 10.1. The number of aldehydes is 1. The van der Waals surface area contributed by atoms with Crippen molar-refractivity contribution in [3.8, 4) is 0 Å². The molecule has 0 bridgehead atoms. The predicted molar refractivity (Wildman–Crippen MR) is 62.5 cm³/mol. The lowest BCUT2D eigenvalue weighted by Crippen LogP contribution is -1.88. The zero-order valence-electron chi connectivity index (χ0n) is 7.96. The predicted octanol–water partition coefficient (Wildman–Crippen LogP) is 2.88. The van der Waals surface area contributed by atoms with Gasteiger partial charge in [0, 0.05) is 16.6 Å². The van der Waals surface area contributed by atoms with E-state index in [2.05, 4.69) is 4.98 Å². The standard InChI is InChI=1S/C12H9NOS/c14-9-10(8-11-4-3-7-15-11)12-5-1-2-6-13-12/h1-9H. The van der Waals surface area contributed by atoms with Crippen molar-refractivity contribution in [1.82, 2.24) is 4.98 Å². The van der Waals surface area contributed by atoms with Gasteiger partial charge in [-0.25, -0.2) is 0 Å². The van der Waals surface area contributed by atoms with Gasteiger partial charge in [0.2, 0.25) is 0 Å². The van der Waals surface area contributed by atoms with E-state index < -0.39 is 0 Å². The SMILES string of the molecule is O=CC(=Cc1cccs1)c1ccccn1. The molecule has 0 spiro atoms. The highest BCUT2D eigenvalue weighted by Gasteiger charge is 2.01. The average Bonchev–Trinajstić information content (AvgIpc) is 2.80. The van der Waals surface area contributed by atoms with Crippen LogP contribution in [-0.2, 0) is 4.79 Å². The fourth-order valence-corrected chi connectivity index (χ4v) is 1.89. The highest BCUT2D eigenvalue weighted by atomic mass is 32.1. The van der Waals surface area contributed by atoms with Gasteiger partial charge in [-0.2, -0.15) is 0 Å². The molecule has 2 aromatic heterocycles. The maximum Gasteiger partial charge on any atom is 0.152 e. The summed E-state index contributed by atoms with van der Waals surface area (Å²) in [6, 6.07) is 9.45. The number of allylic oxidation sites excluding steroid dienone is 1. The lowest BCUT2D eigenvalue weighted by Gasteiger charge is -1.97. The van der Waals surface area contributed by atoms with Crippen LogP contribution in [0.25, 0.3) is 11.6 Å². The zero-order chi connectivity index (χ0) is 10.5. The minimum atomic E-state index is 0.609. The Morgan fingerprint density at radius 3 is 2.80 bits per heavy atom. The Kier molecular flexibility index (Phi) is 3.05. The molecule has 3 heteroatoms. The molecule has 0 amide bonds. The van der Waals surface area contributed by atoms with Crippen LogP contribution >= 0.6 is 11.3 Å². The van der Waals surface area contributed by atoms with E-state index in [9.17, 15) is 4.79 Å². The number of aromatic nitrogens is 1. The number of hydrogen-bond acceptors (Lipinski definition) is 3. The molecule has 0 aliphatic carbocycles. The van der Waals surface area contributed by atoms with Crippen molar-refractivity contribution in [2.75, 3.05) is 0 Å². The third-order valence-electron chi connectivity index (χ3n) is 1.93. The van der Waals surface area contributed by atoms with Gasteiger partial charge in [-0.1, -0.05) is 12.1 Å². The van der Waals surface area contributed by atoms with Gasteiger partial charge in [0.05, 0.1) is 5.69 Å². The summed E-state index contributed by atoms with van der Waals surface area (Å²) in [5.41, 5.74) is 1.32. The Morgan fingerprint density at radius 2 is 2.20 bits per heavy atom. The number of hydrogen-bond donors (Lipinski definition) is 0. The number of carbonyl (C=O) groups is 1. The van der Waals surface area contributed by atoms with Crippen LogP contribution < -0.4 is 0 Å². The van der Waals surface area contributed by atoms with Gasteiger partial charge in [-0.05, 0) is 29.7 Å². The van der Waals surface area contributed by atoms with Gasteiger partial charge in [0.15, 0.2) is 6.29 Å². The highest BCUT2D eigenvalue weighted by molar-refractivity contribution is 7.10. The summed E-state index contributed by atoms with van der Waals surface area (Å²) >= 11 is 1.60. The second-order valence-electron chi connectivity index (χ2n) is 2.95. The Morgan fingerprint density at radius 1 is 1.27 bits per heavy atom. The van der Waals surface area contributed by atoms with E-state index in [0.29, 0.717) is 11.3 Å². The van der Waals surface area contributed by atoms with E-state index in [1.54, 1.807) is 17.5 Å². The molecule has 0 radical (unpaired) electrons. The molecule has 2 nitrogen and oxygen atoms in total. The number of pyridine rings is 1. The minimum absolute atomic E-state index is 0.609. The summed E-state index contributed by atoms with van der Waals surface area (Å²) in [5.74, 6) is 0. The number of rotatable bonds is 3. The molecule has 0 aromatic carbocycles. The van der Waals surface area contributed by atoms with Crippen LogP contribution in [-0.4, -0.2) is 11.3 Å². The fourth-order valence-electron chi connectivity index (χ4n) is 1.23. The third kappa shape index (κ3) is 2.39. The fraction of sp³-hybridized carbons (Fsp3) is 0. The van der Waals surface area contributed by atoms with E-state index in [4.69, 9.17) is 0 Å². The second kappa shape index (κ2) is 4.66. The van der Waals surface area contributed by atoms with Crippen LogP contribution in [0.1, 0.15) is 10.6 Å². The van der Waals surface area contributed by atoms with Crippen LogP contribution in [0.3, 0.4) is 0 Å². The Hall–Kier alpha value is -1.74. The van der Waals surface area contributed by atoms with Crippen molar-refractivity contribution in [3.05, 3.63) is 52.5 Å². The van der Waals surface area contributed by atoms with Crippen molar-refractivity contribution in [1.29, 1.82) is 0 Å². The largest absolute Gasteiger partial charge is 0.298 e. The van der Waals surface area contributed by atoms with Crippen LogP contribution in [0.15, 0.2) is 41.9 Å². The first-order chi connectivity index (χ1) is 7.40. The molecular formula is C12H9NOS. The van der Waals surface area contributed by atoms with Gasteiger partial charge in [0.25, 0.3) is 0 Å². The molecule has 2 aromatic rings. The summed E-state index contributed by atoms with van der Waals surface area (Å²) < 4.78 is 0. The van der Waals surface area contributed by atoms with Gasteiger partial charge < -0.3 is 0 Å². The molecule has 0 unspecified atom stereocenters. The molecule has 0 aliphatic rings. The summed E-state index contributed by atoms with van der Waals surface area (Å²) in [4.78, 5) is 16.1. The molecule has 0 atom stereocenters. The quantitative estimate of drug-likeness (QED) is 0.582. The van der Waals surface area contributed by atoms with Gasteiger partial charge in [0.1, 0.15) is 0 Å². The van der Waals surface area contributed by atoms with Crippen molar-refractivity contribution in [2.24, 2.45) is 0 Å². The van der Waals surface area contributed by atoms with Crippen molar-refractivity contribution >= 4 is 29.3 Å². The lowest BCUT2D eigenvalue weighted by molar-refractivity contribution is -0.103. The van der Waals surface area contributed by atoms with Crippen molar-refractivity contribution in [2.45, 2.75) is 0 Å². The number of carbonyl (C=O) groups excluding carboxylic acids is 1.